The van der Waals surface area contributed by atoms with Gasteiger partial charge in [-0.15, -0.1) is 12.3 Å². The van der Waals surface area contributed by atoms with Crippen molar-refractivity contribution in [1.29, 1.82) is 0 Å². The van der Waals surface area contributed by atoms with Crippen molar-refractivity contribution in [3.8, 4) is 24.2 Å². The largest absolute Gasteiger partial charge is 0.444 e. The number of hydrogen-bond acceptors (Lipinski definition) is 13. The summed E-state index contributed by atoms with van der Waals surface area (Å²) in [6.07, 6.45) is 20.0. The normalized spacial score (nSPS) is 12.0. The number of fused-ring (bicyclic) bond motifs is 2. The highest BCUT2D eigenvalue weighted by atomic mass is 79.9. The predicted octanol–water partition coefficient (Wildman–Crippen LogP) is 22.2. The summed E-state index contributed by atoms with van der Waals surface area (Å²) < 4.78 is 84.0. The second-order valence-corrected chi connectivity index (χ2v) is 33.0. The van der Waals surface area contributed by atoms with Crippen LogP contribution in [0.2, 0.25) is 0 Å². The quantitative estimate of drug-likeness (QED) is 0.0126. The number of amides is 4. The number of ether oxygens (including phenoxy) is 3. The Bertz CT molecular complexity index is 4260. The van der Waals surface area contributed by atoms with Crippen LogP contribution in [0.1, 0.15) is 242 Å². The number of carbonyl (C=O) groups excluding carboxylic acids is 6. The maximum absolute atomic E-state index is 14.4. The zero-order valence-electron chi connectivity index (χ0n) is 69.5. The summed E-state index contributed by atoms with van der Waals surface area (Å²) in [7, 11) is 0. The molecule has 0 aromatic heterocycles. The third-order valence-corrected chi connectivity index (χ3v) is 16.9. The van der Waals surface area contributed by atoms with Crippen molar-refractivity contribution in [3.05, 3.63) is 217 Å². The predicted molar refractivity (Wildman–Crippen MR) is 452 cm³/mol. The minimum absolute atomic E-state index is 0.0261. The molecule has 2 aliphatic carbocycles. The molecule has 9 rings (SSSR count). The molecule has 0 aliphatic heterocycles. The molecule has 0 spiro atoms. The number of benzene rings is 7. The van der Waals surface area contributed by atoms with Crippen molar-refractivity contribution in [2.45, 2.75) is 247 Å². The van der Waals surface area contributed by atoms with Gasteiger partial charge in [-0.1, -0.05) is 137 Å². The first-order chi connectivity index (χ1) is 54.0. The first-order valence-electron chi connectivity index (χ1n) is 38.6. The van der Waals surface area contributed by atoms with Crippen LogP contribution in [0.15, 0.2) is 138 Å². The van der Waals surface area contributed by atoms with Gasteiger partial charge >= 0.3 is 24.4 Å². The van der Waals surface area contributed by atoms with E-state index in [1.165, 1.54) is 78.8 Å². The number of carbonyl (C=O) groups is 4. The molecule has 0 heterocycles. The van der Waals surface area contributed by atoms with Gasteiger partial charge in [0.05, 0.1) is 28.4 Å². The van der Waals surface area contributed by atoms with Crippen molar-refractivity contribution in [2.24, 2.45) is 0 Å². The number of nitrogens with two attached hydrogens (primary N) is 1. The van der Waals surface area contributed by atoms with Crippen LogP contribution in [0.25, 0.3) is 0 Å². The molecule has 23 heteroatoms. The van der Waals surface area contributed by atoms with Crippen molar-refractivity contribution in [2.75, 3.05) is 46.8 Å². The molecule has 7 aromatic carbocycles. The minimum atomic E-state index is -0.716. The van der Waals surface area contributed by atoms with Gasteiger partial charge in [0.25, 0.3) is 5.91 Å². The van der Waals surface area contributed by atoms with Crippen molar-refractivity contribution >= 4 is 74.7 Å². The lowest BCUT2D eigenvalue weighted by atomic mass is 9.86. The second kappa shape index (κ2) is 51.9. The number of nitrogens with one attached hydrogen (secondary N) is 4. The van der Waals surface area contributed by atoms with E-state index in [2.05, 4.69) is 127 Å². The summed E-state index contributed by atoms with van der Waals surface area (Å²) in [5, 5.41) is 35.4. The van der Waals surface area contributed by atoms with E-state index >= 15 is 0 Å². The third-order valence-electron chi connectivity index (χ3n) is 16.4. The Labute approximate surface area is 686 Å². The van der Waals surface area contributed by atoms with E-state index < -0.39 is 52.5 Å². The molecule has 0 bridgehead atoms. The van der Waals surface area contributed by atoms with Gasteiger partial charge < -0.3 is 40.6 Å². The SMILES string of the molecule is C#CCCCO.CC(C)(C)OC(=O)Nc1cc(Br)ccc1F.CC(C)(C)OC(=O)Nc1cc(C#CCCCO)ccc1F.CC(C)(C)OC(=O)Nc1cc(CCCCCO)ccc1F.CC(C)(C)c1ccc(C(=O)Nc2cc3c(cc2F)CCCCC3)cc1.CC(C)(C)c1ccccc1.Nc1cc2c(cc1F)CCCCC2.O=C=O. The van der Waals surface area contributed by atoms with Crippen molar-refractivity contribution < 1.29 is 80.2 Å². The third kappa shape index (κ3) is 44.0. The lowest BCUT2D eigenvalue weighted by Gasteiger charge is -2.20. The van der Waals surface area contributed by atoms with Crippen LogP contribution in [0, 0.1) is 53.3 Å². The number of aliphatic hydroxyl groups is 3. The molecule has 9 N–H and O–H groups in total. The van der Waals surface area contributed by atoms with Gasteiger partial charge in [-0.3, -0.25) is 20.7 Å². The van der Waals surface area contributed by atoms with Gasteiger partial charge in [0.1, 0.15) is 45.9 Å². The molecule has 2 aliphatic rings. The maximum Gasteiger partial charge on any atom is 0.412 e. The van der Waals surface area contributed by atoms with Gasteiger partial charge in [-0.05, 0) is 280 Å². The number of terminal acetylenes is 1. The second-order valence-electron chi connectivity index (χ2n) is 32.1. The van der Waals surface area contributed by atoms with E-state index in [0.29, 0.717) is 46.0 Å². The molecule has 0 atom stereocenters. The number of aryl methyl sites for hydroxylation is 5. The maximum atomic E-state index is 14.4. The Hall–Kier alpha value is -9.87. The first-order valence-corrected chi connectivity index (χ1v) is 39.4. The van der Waals surface area contributed by atoms with E-state index in [1.54, 1.807) is 111 Å². The molecular formula is C92H119BrF5N5O12. The van der Waals surface area contributed by atoms with Crippen LogP contribution in [-0.2, 0) is 66.7 Å². The highest BCUT2D eigenvalue weighted by Gasteiger charge is 2.23. The molecular weight excluding hydrogens is 1540 g/mol. The van der Waals surface area contributed by atoms with Gasteiger partial charge in [0, 0.05) is 48.3 Å². The summed E-state index contributed by atoms with van der Waals surface area (Å²) in [5.74, 6) is 5.70. The van der Waals surface area contributed by atoms with Crippen LogP contribution < -0.4 is 27.0 Å². The monoisotopic (exact) mass is 1660 g/mol. The first kappa shape index (κ1) is 101. The van der Waals surface area contributed by atoms with E-state index in [-0.39, 0.29) is 71.7 Å². The Balaban J connectivity index is 0.000000466. The number of hydrogen-bond donors (Lipinski definition) is 8. The highest BCUT2D eigenvalue weighted by Crippen LogP contribution is 2.30. The Kier molecular flexibility index (Phi) is 45.6. The molecule has 0 saturated heterocycles. The van der Waals surface area contributed by atoms with Crippen LogP contribution in [0.3, 0.4) is 0 Å². The fourth-order valence-electron chi connectivity index (χ4n) is 10.7. The van der Waals surface area contributed by atoms with Gasteiger partial charge in [0.2, 0.25) is 0 Å². The zero-order valence-corrected chi connectivity index (χ0v) is 71.1. The summed E-state index contributed by atoms with van der Waals surface area (Å²) in [5.41, 5.74) is 14.1. The molecule has 0 saturated carbocycles. The Morgan fingerprint density at radius 2 is 0.861 bits per heavy atom. The van der Waals surface area contributed by atoms with Crippen LogP contribution in [0.5, 0.6) is 0 Å². The van der Waals surface area contributed by atoms with E-state index in [0.717, 1.165) is 92.9 Å². The van der Waals surface area contributed by atoms with E-state index in [4.69, 9.17) is 51.3 Å². The Morgan fingerprint density at radius 3 is 1.30 bits per heavy atom. The molecule has 115 heavy (non-hydrogen) atoms. The molecule has 17 nitrogen and oxygen atoms in total. The summed E-state index contributed by atoms with van der Waals surface area (Å²) in [6, 6.07) is 38.1. The lowest BCUT2D eigenvalue weighted by Crippen LogP contribution is -2.27. The molecule has 0 radical (unpaired) electrons. The lowest BCUT2D eigenvalue weighted by molar-refractivity contribution is -0.191. The Morgan fingerprint density at radius 1 is 0.452 bits per heavy atom. The zero-order chi connectivity index (χ0) is 86.5. The molecule has 0 fully saturated rings. The van der Waals surface area contributed by atoms with Crippen LogP contribution in [0.4, 0.5) is 64.8 Å². The molecule has 626 valence electrons. The number of rotatable bonds is 14. The highest BCUT2D eigenvalue weighted by molar-refractivity contribution is 9.10. The number of halogens is 6. The summed E-state index contributed by atoms with van der Waals surface area (Å²) >= 11 is 3.19. The number of aliphatic hydroxyl groups excluding tert-OH is 3. The van der Waals surface area contributed by atoms with Gasteiger partial charge in [0.15, 0.2) is 0 Å². The number of anilines is 5. The molecule has 7 aromatic rings. The van der Waals surface area contributed by atoms with Crippen LogP contribution >= 0.6 is 15.9 Å². The van der Waals surface area contributed by atoms with Crippen LogP contribution in [-0.4, -0.2) is 82.3 Å². The molecule has 0 unspecified atom stereocenters. The number of unbranched alkanes of at least 4 members (excludes halogenated alkanes) is 4. The summed E-state index contributed by atoms with van der Waals surface area (Å²) in [4.78, 5) is 63.4. The van der Waals surface area contributed by atoms with E-state index in [9.17, 15) is 41.1 Å². The smallest absolute Gasteiger partial charge is 0.412 e. The standard InChI is InChI=1S/C22H26FNO.C16H24FNO3.C16H20FNO3.C11H13BrFNO2.C11H14FN.C10H14.C5H8O.CO2/c1-22(2,3)18-11-9-15(10-12-18)21(25)24-20-14-17-8-6-4-5-7-16(17)13-19(20)23;2*1-16(2,3)21-15(20)18-14-11-12(8-9-13(14)17)7-5-4-6-10-19;1-11(2,3)16-10(15)14-9-6-7(12)4-5-8(9)13;12-10-6-8-4-2-1-3-5-9(8)7-11(10)13;1-10(2,3)9-7-5-4-6-8-9;1-2-3-4-5-6;2-1-3/h9-14H,4-8H2,1-3H3,(H,24,25);8-9,11,19H,4-7,10H2,1-3H3,(H,18,20);8-9,11,19H,4,6,10H2,1-3H3,(H,18,20);4-6H,1-3H3,(H,14,15);6-7H,1-5,13H2;4-8H,1-3H3;1,6H,3-5H2;. The topological polar surface area (TPSA) is 265 Å². The fourth-order valence-corrected chi connectivity index (χ4v) is 11.1. The van der Waals surface area contributed by atoms with Crippen molar-refractivity contribution in [1.82, 2.24) is 0 Å². The minimum Gasteiger partial charge on any atom is -0.444 e. The summed E-state index contributed by atoms with van der Waals surface area (Å²) in [6.45, 7) is 29.2. The fraction of sp³-hybridized carbons (Fsp3) is 0.446. The number of nitrogen functional groups attached to an aromatic ring is 1. The van der Waals surface area contributed by atoms with Crippen molar-refractivity contribution in [3.63, 3.8) is 0 Å². The van der Waals surface area contributed by atoms with Gasteiger partial charge in [-0.2, -0.15) is 9.59 Å². The average Bonchev–Trinajstić information content (AvgIpc) is 1.82. The average molecular weight is 1660 g/mol. The molecule has 4 amide bonds. The van der Waals surface area contributed by atoms with Gasteiger partial charge in [-0.25, -0.2) is 36.3 Å². The van der Waals surface area contributed by atoms with E-state index in [1.807, 2.05) is 18.2 Å².